The lowest BCUT2D eigenvalue weighted by molar-refractivity contribution is 0.0429. The lowest BCUT2D eigenvalue weighted by Crippen LogP contribution is -2.26. The number of esters is 1. The highest BCUT2D eigenvalue weighted by Gasteiger charge is 2.24. The number of aromatic nitrogens is 1. The fourth-order valence-electron chi connectivity index (χ4n) is 3.85. The lowest BCUT2D eigenvalue weighted by Gasteiger charge is -2.25. The molecule has 0 spiro atoms. The maximum absolute atomic E-state index is 12.8. The molecule has 36 heavy (non-hydrogen) atoms. The van der Waals surface area contributed by atoms with Crippen LogP contribution in [0.4, 0.5) is 5.69 Å². The summed E-state index contributed by atoms with van der Waals surface area (Å²) in [6, 6.07) is 17.8. The summed E-state index contributed by atoms with van der Waals surface area (Å²) in [6.45, 7) is 4.16. The molecule has 4 rings (SSSR count). The Kier molecular flexibility index (Phi) is 7.22. The number of H-pyrrole nitrogens is 1. The predicted octanol–water partition coefficient (Wildman–Crippen LogP) is 6.23. The Morgan fingerprint density at radius 3 is 2.36 bits per heavy atom. The molecule has 1 amide bonds. The molecule has 1 aromatic heterocycles. The topological polar surface area (TPSA) is 89.6 Å². The minimum Gasteiger partial charge on any atom is -0.493 e. The van der Waals surface area contributed by atoms with Crippen molar-refractivity contribution in [1.82, 2.24) is 4.98 Å². The molecule has 0 aliphatic carbocycles. The number of halogens is 1. The van der Waals surface area contributed by atoms with Crippen LogP contribution >= 0.6 is 11.6 Å². The first-order valence-corrected chi connectivity index (χ1v) is 11.7. The fourth-order valence-corrected chi connectivity index (χ4v) is 4.03. The summed E-state index contributed by atoms with van der Waals surface area (Å²) in [5, 5.41) is 4.15. The molecule has 7 nitrogen and oxygen atoms in total. The zero-order valence-electron chi connectivity index (χ0n) is 20.5. The minimum atomic E-state index is -0.453. The number of carbonyl (C=O) groups excluding carboxylic acids is 2. The zero-order chi connectivity index (χ0) is 25.9. The third-order valence-corrected chi connectivity index (χ3v) is 6.23. The van der Waals surface area contributed by atoms with Crippen LogP contribution in [0.5, 0.6) is 11.5 Å². The summed E-state index contributed by atoms with van der Waals surface area (Å²) in [5.74, 6) is 0.341. The number of hydrogen-bond acceptors (Lipinski definition) is 5. The molecule has 1 heterocycles. The molecule has 2 N–H and O–H groups in total. The van der Waals surface area contributed by atoms with Gasteiger partial charge in [-0.1, -0.05) is 37.6 Å². The Balaban J connectivity index is 1.40. The van der Waals surface area contributed by atoms with Crippen LogP contribution in [0.15, 0.2) is 66.9 Å². The van der Waals surface area contributed by atoms with Gasteiger partial charge in [-0.25, -0.2) is 4.79 Å². The summed E-state index contributed by atoms with van der Waals surface area (Å²) in [4.78, 5) is 28.5. The van der Waals surface area contributed by atoms with Crippen molar-refractivity contribution in [3.63, 3.8) is 0 Å². The van der Waals surface area contributed by atoms with Gasteiger partial charge in [-0.15, -0.1) is 0 Å². The predicted molar refractivity (Wildman–Crippen MR) is 141 cm³/mol. The van der Waals surface area contributed by atoms with E-state index < -0.39 is 11.4 Å². The highest BCUT2D eigenvalue weighted by molar-refractivity contribution is 6.31. The first kappa shape index (κ1) is 25.1. The number of ether oxygens (including phenoxy) is 3. The van der Waals surface area contributed by atoms with E-state index in [9.17, 15) is 9.59 Å². The first-order valence-electron chi connectivity index (χ1n) is 11.3. The maximum atomic E-state index is 12.8. The Labute approximate surface area is 214 Å². The molecule has 0 saturated heterocycles. The normalized spacial score (nSPS) is 11.2. The molecule has 0 bridgehead atoms. The van der Waals surface area contributed by atoms with Crippen LogP contribution in [0.2, 0.25) is 5.02 Å². The van der Waals surface area contributed by atoms with Crippen molar-refractivity contribution in [1.29, 1.82) is 0 Å². The van der Waals surface area contributed by atoms with E-state index in [0.29, 0.717) is 33.3 Å². The second-order valence-corrected chi connectivity index (χ2v) is 9.39. The van der Waals surface area contributed by atoms with Gasteiger partial charge in [0.15, 0.2) is 11.5 Å². The molecule has 0 aliphatic heterocycles. The van der Waals surface area contributed by atoms with E-state index in [2.05, 4.69) is 10.3 Å². The minimum absolute atomic E-state index is 0.177. The zero-order valence-corrected chi connectivity index (χ0v) is 21.2. The summed E-state index contributed by atoms with van der Waals surface area (Å²) >= 11 is 6.08. The highest BCUT2D eigenvalue weighted by atomic mass is 35.5. The number of aromatic amines is 1. The molecule has 0 aliphatic rings. The largest absolute Gasteiger partial charge is 0.493 e. The van der Waals surface area contributed by atoms with E-state index in [4.69, 9.17) is 25.8 Å². The Morgan fingerprint density at radius 2 is 1.67 bits per heavy atom. The van der Waals surface area contributed by atoms with Gasteiger partial charge < -0.3 is 24.5 Å². The second-order valence-electron chi connectivity index (χ2n) is 8.95. The quantitative estimate of drug-likeness (QED) is 0.277. The number of hydrogen-bond donors (Lipinski definition) is 2. The van der Waals surface area contributed by atoms with E-state index in [-0.39, 0.29) is 12.5 Å². The van der Waals surface area contributed by atoms with E-state index >= 15 is 0 Å². The van der Waals surface area contributed by atoms with Gasteiger partial charge in [-0.3, -0.25) is 4.79 Å². The van der Waals surface area contributed by atoms with Crippen LogP contribution in [0.1, 0.15) is 40.1 Å². The number of rotatable bonds is 8. The van der Waals surface area contributed by atoms with E-state index in [1.54, 1.807) is 43.6 Å². The van der Waals surface area contributed by atoms with E-state index in [0.717, 1.165) is 16.5 Å². The van der Waals surface area contributed by atoms with Crippen LogP contribution in [-0.4, -0.2) is 37.7 Å². The molecule has 0 atom stereocenters. The fraction of sp³-hybridized carbons (Fsp3) is 0.214. The van der Waals surface area contributed by atoms with Crippen LogP contribution in [0, 0.1) is 0 Å². The van der Waals surface area contributed by atoms with Gasteiger partial charge >= 0.3 is 5.97 Å². The van der Waals surface area contributed by atoms with Gasteiger partial charge in [0, 0.05) is 38.8 Å². The summed E-state index contributed by atoms with van der Waals surface area (Å²) in [6.07, 6.45) is 1.63. The average molecular weight is 507 g/mol. The molecule has 3 aromatic carbocycles. The van der Waals surface area contributed by atoms with E-state index in [1.807, 2.05) is 44.2 Å². The maximum Gasteiger partial charge on any atom is 0.340 e. The number of amides is 1. The standard InChI is InChI=1S/C28H27ClN2O5/c1-28(2,16-36-27(33)22-15-30-23-11-8-19(29)14-21(22)23)18-6-9-20(10-7-18)31-26(32)17-5-12-24(34-3)25(13-17)35-4/h5-15,30H,16H2,1-4H3,(H,31,32). The number of carbonyl (C=O) groups is 2. The molecule has 0 fully saturated rings. The van der Waals surface area contributed by atoms with Gasteiger partial charge in [0.2, 0.25) is 0 Å². The average Bonchev–Trinajstić information content (AvgIpc) is 3.30. The van der Waals surface area contributed by atoms with Crippen molar-refractivity contribution in [2.75, 3.05) is 26.1 Å². The molecule has 0 radical (unpaired) electrons. The van der Waals surface area contributed by atoms with Crippen LogP contribution in [0.25, 0.3) is 10.9 Å². The van der Waals surface area contributed by atoms with Crippen LogP contribution < -0.4 is 14.8 Å². The first-order chi connectivity index (χ1) is 17.2. The van der Waals surface area contributed by atoms with Crippen molar-refractivity contribution in [2.24, 2.45) is 0 Å². The highest BCUT2D eigenvalue weighted by Crippen LogP contribution is 2.29. The molecule has 4 aromatic rings. The van der Waals surface area contributed by atoms with Gasteiger partial charge in [-0.2, -0.15) is 0 Å². The summed E-state index contributed by atoms with van der Waals surface area (Å²) in [7, 11) is 3.06. The third kappa shape index (κ3) is 5.31. The smallest absolute Gasteiger partial charge is 0.340 e. The second kappa shape index (κ2) is 10.3. The monoisotopic (exact) mass is 506 g/mol. The van der Waals surface area contributed by atoms with Gasteiger partial charge in [0.05, 0.1) is 19.8 Å². The number of benzene rings is 3. The molecule has 186 valence electrons. The van der Waals surface area contributed by atoms with Crippen molar-refractivity contribution < 1.29 is 23.8 Å². The van der Waals surface area contributed by atoms with Gasteiger partial charge in [0.25, 0.3) is 5.91 Å². The van der Waals surface area contributed by atoms with Crippen molar-refractivity contribution in [3.8, 4) is 11.5 Å². The van der Waals surface area contributed by atoms with Gasteiger partial charge in [-0.05, 0) is 54.1 Å². The third-order valence-electron chi connectivity index (χ3n) is 6.00. The molecule has 0 saturated carbocycles. The SMILES string of the molecule is COc1ccc(C(=O)Nc2ccc(C(C)(C)COC(=O)c3c[nH]c4ccc(Cl)cc34)cc2)cc1OC. The lowest BCUT2D eigenvalue weighted by atomic mass is 9.85. The molecular formula is C28H27ClN2O5. The number of fused-ring (bicyclic) bond motifs is 1. The van der Waals surface area contributed by atoms with Crippen LogP contribution in [-0.2, 0) is 10.2 Å². The van der Waals surface area contributed by atoms with Crippen molar-refractivity contribution in [2.45, 2.75) is 19.3 Å². The molecular weight excluding hydrogens is 480 g/mol. The van der Waals surface area contributed by atoms with Crippen molar-refractivity contribution >= 4 is 40.1 Å². The number of nitrogens with one attached hydrogen (secondary N) is 2. The Morgan fingerprint density at radius 1 is 0.944 bits per heavy atom. The summed E-state index contributed by atoms with van der Waals surface area (Å²) in [5.41, 5.74) is 2.85. The Hall–Kier alpha value is -3.97. The molecule has 8 heteroatoms. The molecule has 0 unspecified atom stereocenters. The van der Waals surface area contributed by atoms with Crippen LogP contribution in [0.3, 0.4) is 0 Å². The summed E-state index contributed by atoms with van der Waals surface area (Å²) < 4.78 is 16.1. The Bertz CT molecular complexity index is 1410. The number of methoxy groups -OCH3 is 2. The van der Waals surface area contributed by atoms with E-state index in [1.165, 1.54) is 7.11 Å². The van der Waals surface area contributed by atoms with Gasteiger partial charge in [0.1, 0.15) is 6.61 Å². The number of anilines is 1. The van der Waals surface area contributed by atoms with Crippen molar-refractivity contribution in [3.05, 3.63) is 88.6 Å².